The molecule has 1 saturated carbocycles. The summed E-state index contributed by atoms with van der Waals surface area (Å²) >= 11 is 0. The van der Waals surface area contributed by atoms with Gasteiger partial charge in [-0.3, -0.25) is 0 Å². The van der Waals surface area contributed by atoms with E-state index in [1.165, 1.54) is 44.1 Å². The molecule has 0 saturated heterocycles. The summed E-state index contributed by atoms with van der Waals surface area (Å²) in [7, 11) is 0. The Hall–Kier alpha value is -0.860. The second-order valence-electron chi connectivity index (χ2n) is 6.33. The molecular weight excluding hydrogens is 256 g/mol. The zero-order valence-corrected chi connectivity index (χ0v) is 14.0. The van der Waals surface area contributed by atoms with Crippen molar-refractivity contribution < 1.29 is 0 Å². The highest BCUT2D eigenvalue weighted by atomic mass is 14.9. The Morgan fingerprint density at radius 1 is 1.24 bits per heavy atom. The minimum Gasteiger partial charge on any atom is -0.316 e. The fourth-order valence-electron chi connectivity index (χ4n) is 2.78. The SMILES string of the molecule is C=C/C=C(C)\C=C/C(C)CNCCCNC1CCCCC1. The van der Waals surface area contributed by atoms with Crippen LogP contribution in [-0.2, 0) is 0 Å². The molecule has 0 amide bonds. The third kappa shape index (κ3) is 9.65. The third-order valence-electron chi connectivity index (χ3n) is 4.10. The maximum atomic E-state index is 3.71. The molecule has 1 rings (SSSR count). The molecule has 1 fully saturated rings. The number of hydrogen-bond donors (Lipinski definition) is 2. The number of hydrogen-bond acceptors (Lipinski definition) is 2. The summed E-state index contributed by atoms with van der Waals surface area (Å²) in [5.41, 5.74) is 1.26. The minimum absolute atomic E-state index is 0.574. The van der Waals surface area contributed by atoms with Gasteiger partial charge in [0, 0.05) is 12.6 Å². The van der Waals surface area contributed by atoms with Crippen LogP contribution in [0, 0.1) is 5.92 Å². The maximum Gasteiger partial charge on any atom is 0.00670 e. The Morgan fingerprint density at radius 3 is 2.71 bits per heavy atom. The summed E-state index contributed by atoms with van der Waals surface area (Å²) in [6.45, 7) is 11.4. The Morgan fingerprint density at radius 2 is 2.00 bits per heavy atom. The molecule has 21 heavy (non-hydrogen) atoms. The van der Waals surface area contributed by atoms with E-state index in [1.54, 1.807) is 0 Å². The van der Waals surface area contributed by atoms with Gasteiger partial charge < -0.3 is 10.6 Å². The molecule has 120 valence electrons. The Balaban J connectivity index is 1.97. The first-order valence-electron chi connectivity index (χ1n) is 8.64. The van der Waals surface area contributed by atoms with Crippen molar-refractivity contribution in [2.24, 2.45) is 5.92 Å². The fraction of sp³-hybridized carbons (Fsp3) is 0.684. The van der Waals surface area contributed by atoms with E-state index in [0.29, 0.717) is 5.92 Å². The molecule has 0 aromatic carbocycles. The molecule has 0 spiro atoms. The van der Waals surface area contributed by atoms with Gasteiger partial charge in [0.2, 0.25) is 0 Å². The summed E-state index contributed by atoms with van der Waals surface area (Å²) in [5.74, 6) is 0.574. The number of rotatable bonds is 10. The van der Waals surface area contributed by atoms with E-state index in [1.807, 2.05) is 12.2 Å². The molecule has 1 aliphatic carbocycles. The van der Waals surface area contributed by atoms with Crippen molar-refractivity contribution in [1.82, 2.24) is 10.6 Å². The Labute approximate surface area is 131 Å². The fourth-order valence-corrected chi connectivity index (χ4v) is 2.78. The third-order valence-corrected chi connectivity index (χ3v) is 4.10. The summed E-state index contributed by atoms with van der Waals surface area (Å²) in [5, 5.41) is 7.24. The van der Waals surface area contributed by atoms with Crippen LogP contribution in [0.5, 0.6) is 0 Å². The van der Waals surface area contributed by atoms with Crippen molar-refractivity contribution in [3.8, 4) is 0 Å². The molecule has 0 bridgehead atoms. The standard InChI is InChI=1S/C19H34N2/c1-4-9-17(2)12-13-18(3)16-20-14-8-15-21-19-10-6-5-7-11-19/h4,9,12-13,18-21H,1,5-8,10-11,14-16H2,2-3H3/b13-12-,17-9-. The van der Waals surface area contributed by atoms with Crippen molar-refractivity contribution in [2.75, 3.05) is 19.6 Å². The lowest BCUT2D eigenvalue weighted by Crippen LogP contribution is -2.33. The van der Waals surface area contributed by atoms with E-state index in [9.17, 15) is 0 Å². The predicted octanol–water partition coefficient (Wildman–Crippen LogP) is 4.21. The topological polar surface area (TPSA) is 24.1 Å². The molecule has 2 N–H and O–H groups in total. The average Bonchev–Trinajstić information content (AvgIpc) is 2.50. The van der Waals surface area contributed by atoms with Crippen LogP contribution in [-0.4, -0.2) is 25.7 Å². The molecule has 1 atom stereocenters. The molecule has 1 aliphatic rings. The predicted molar refractivity (Wildman–Crippen MR) is 94.6 cm³/mol. The lowest BCUT2D eigenvalue weighted by atomic mass is 9.95. The first kappa shape index (κ1) is 18.2. The van der Waals surface area contributed by atoms with E-state index in [0.717, 1.165) is 25.7 Å². The molecule has 0 radical (unpaired) electrons. The monoisotopic (exact) mass is 290 g/mol. The molecule has 0 aromatic rings. The zero-order chi connectivity index (χ0) is 15.3. The van der Waals surface area contributed by atoms with Crippen molar-refractivity contribution >= 4 is 0 Å². The second-order valence-corrected chi connectivity index (χ2v) is 6.33. The molecule has 0 heterocycles. The minimum atomic E-state index is 0.574. The molecule has 2 nitrogen and oxygen atoms in total. The molecule has 0 aromatic heterocycles. The summed E-state index contributed by atoms with van der Waals surface area (Å²) < 4.78 is 0. The zero-order valence-electron chi connectivity index (χ0n) is 14.0. The quantitative estimate of drug-likeness (QED) is 0.465. The van der Waals surface area contributed by atoms with Crippen LogP contribution in [0.4, 0.5) is 0 Å². The van der Waals surface area contributed by atoms with E-state index >= 15 is 0 Å². The van der Waals surface area contributed by atoms with Crippen LogP contribution in [0.1, 0.15) is 52.4 Å². The summed E-state index contributed by atoms with van der Waals surface area (Å²) in [6.07, 6.45) is 16.6. The normalized spacial score (nSPS) is 19.0. The van der Waals surface area contributed by atoms with Crippen molar-refractivity contribution in [2.45, 2.75) is 58.4 Å². The van der Waals surface area contributed by atoms with Gasteiger partial charge in [0.25, 0.3) is 0 Å². The van der Waals surface area contributed by atoms with E-state index < -0.39 is 0 Å². The van der Waals surface area contributed by atoms with Gasteiger partial charge in [-0.1, -0.05) is 62.6 Å². The summed E-state index contributed by atoms with van der Waals surface area (Å²) in [6, 6.07) is 0.792. The van der Waals surface area contributed by atoms with Crippen LogP contribution in [0.2, 0.25) is 0 Å². The molecule has 1 unspecified atom stereocenters. The molecule has 0 aliphatic heterocycles. The Kier molecular flexibility index (Phi) is 10.2. The lowest BCUT2D eigenvalue weighted by Gasteiger charge is -2.22. The van der Waals surface area contributed by atoms with Gasteiger partial charge in [-0.25, -0.2) is 0 Å². The summed E-state index contributed by atoms with van der Waals surface area (Å²) in [4.78, 5) is 0. The van der Waals surface area contributed by atoms with Crippen molar-refractivity contribution in [1.29, 1.82) is 0 Å². The van der Waals surface area contributed by atoms with Gasteiger partial charge in [0.1, 0.15) is 0 Å². The average molecular weight is 290 g/mol. The van der Waals surface area contributed by atoms with Gasteiger partial charge in [-0.15, -0.1) is 0 Å². The first-order valence-corrected chi connectivity index (χ1v) is 8.64. The van der Waals surface area contributed by atoms with Gasteiger partial charge in [0.05, 0.1) is 0 Å². The van der Waals surface area contributed by atoms with Crippen LogP contribution < -0.4 is 10.6 Å². The van der Waals surface area contributed by atoms with Crippen LogP contribution in [0.15, 0.2) is 36.5 Å². The van der Waals surface area contributed by atoms with Crippen molar-refractivity contribution in [3.63, 3.8) is 0 Å². The van der Waals surface area contributed by atoms with Gasteiger partial charge in [-0.05, 0) is 45.2 Å². The highest BCUT2D eigenvalue weighted by Gasteiger charge is 2.11. The highest BCUT2D eigenvalue weighted by molar-refractivity contribution is 5.20. The number of allylic oxidation sites excluding steroid dienone is 4. The Bertz CT molecular complexity index is 324. The second kappa shape index (κ2) is 11.8. The van der Waals surface area contributed by atoms with Crippen LogP contribution >= 0.6 is 0 Å². The smallest absolute Gasteiger partial charge is 0.00670 e. The van der Waals surface area contributed by atoms with Crippen LogP contribution in [0.25, 0.3) is 0 Å². The molecular formula is C19H34N2. The first-order chi connectivity index (χ1) is 10.2. The van der Waals surface area contributed by atoms with Crippen LogP contribution in [0.3, 0.4) is 0 Å². The van der Waals surface area contributed by atoms with Gasteiger partial charge >= 0.3 is 0 Å². The highest BCUT2D eigenvalue weighted by Crippen LogP contribution is 2.17. The largest absolute Gasteiger partial charge is 0.316 e. The molecule has 2 heteroatoms. The van der Waals surface area contributed by atoms with Gasteiger partial charge in [0.15, 0.2) is 0 Å². The maximum absolute atomic E-state index is 3.71. The van der Waals surface area contributed by atoms with E-state index in [2.05, 4.69) is 43.2 Å². The van der Waals surface area contributed by atoms with E-state index in [4.69, 9.17) is 0 Å². The lowest BCUT2D eigenvalue weighted by molar-refractivity contribution is 0.370. The van der Waals surface area contributed by atoms with Gasteiger partial charge in [-0.2, -0.15) is 0 Å². The van der Waals surface area contributed by atoms with Crippen molar-refractivity contribution in [3.05, 3.63) is 36.5 Å². The van der Waals surface area contributed by atoms with E-state index in [-0.39, 0.29) is 0 Å². The number of nitrogens with one attached hydrogen (secondary N) is 2.